The molecule has 0 saturated carbocycles. The summed E-state index contributed by atoms with van der Waals surface area (Å²) in [5, 5.41) is 0. The highest BCUT2D eigenvalue weighted by molar-refractivity contribution is 4.80. The zero-order chi connectivity index (χ0) is 13.2. The number of rotatable bonds is 5. The van der Waals surface area contributed by atoms with Gasteiger partial charge in [0.15, 0.2) is 0 Å². The summed E-state index contributed by atoms with van der Waals surface area (Å²) >= 11 is 0. The molecule has 0 fully saturated rings. The molecule has 0 radical (unpaired) electrons. The molecule has 0 aliphatic heterocycles. The second-order valence-corrected chi connectivity index (χ2v) is 4.28. The Morgan fingerprint density at radius 2 is 1.19 bits per heavy atom. The first kappa shape index (κ1) is 15.5. The normalized spacial score (nSPS) is 14.6. The number of hydrogen-bond donors (Lipinski definition) is 0. The number of hydrogen-bond acceptors (Lipinski definition) is 0. The first-order chi connectivity index (χ1) is 6.83. The molecule has 0 heterocycles. The van der Waals surface area contributed by atoms with Gasteiger partial charge in [-0.3, -0.25) is 0 Å². The van der Waals surface area contributed by atoms with Crippen LogP contribution in [0, 0.1) is 5.92 Å². The van der Waals surface area contributed by atoms with E-state index in [9.17, 15) is 30.7 Å². The lowest BCUT2D eigenvalue weighted by atomic mass is 9.98. The van der Waals surface area contributed by atoms with Crippen molar-refractivity contribution in [2.75, 3.05) is 0 Å². The summed E-state index contributed by atoms with van der Waals surface area (Å²) in [7, 11) is 0. The molecule has 0 aromatic rings. The molecule has 0 rings (SSSR count). The van der Waals surface area contributed by atoms with Gasteiger partial charge in [0.1, 0.15) is 6.42 Å². The Balaban J connectivity index is 4.45. The molecule has 0 saturated heterocycles. The van der Waals surface area contributed by atoms with Crippen LogP contribution < -0.4 is 0 Å². The van der Waals surface area contributed by atoms with Crippen LogP contribution in [0.1, 0.15) is 33.1 Å². The first-order valence-electron chi connectivity index (χ1n) is 4.65. The fourth-order valence-electron chi connectivity index (χ4n) is 1.40. The molecule has 0 spiro atoms. The van der Waals surface area contributed by atoms with Gasteiger partial charge in [-0.2, -0.15) is 13.2 Å². The molecule has 0 bridgehead atoms. The van der Waals surface area contributed by atoms with Crippen LogP contribution in [-0.4, -0.2) is 18.0 Å². The van der Waals surface area contributed by atoms with Gasteiger partial charge in [-0.25, -0.2) is 17.6 Å². The van der Waals surface area contributed by atoms with Crippen molar-refractivity contribution in [1.82, 2.24) is 0 Å². The second kappa shape index (κ2) is 4.79. The van der Waals surface area contributed by atoms with Crippen LogP contribution in [0.5, 0.6) is 0 Å². The summed E-state index contributed by atoms with van der Waals surface area (Å²) < 4.78 is 86.1. The van der Waals surface area contributed by atoms with Gasteiger partial charge in [0.25, 0.3) is 11.8 Å². The molecule has 0 atom stereocenters. The maximum Gasteiger partial charge on any atom is 0.394 e. The Labute approximate surface area is 88.8 Å². The van der Waals surface area contributed by atoms with Gasteiger partial charge in [0.05, 0.1) is 6.42 Å². The molecular weight excluding hydrogens is 241 g/mol. The molecule has 0 aromatic heterocycles. The maximum atomic E-state index is 12.9. The average Bonchev–Trinajstić information content (AvgIpc) is 1.69. The minimum Gasteiger partial charge on any atom is -0.207 e. The lowest BCUT2D eigenvalue weighted by Gasteiger charge is -2.25. The maximum absolute atomic E-state index is 12.9. The fourth-order valence-corrected chi connectivity index (χ4v) is 1.40. The number of halogens is 7. The van der Waals surface area contributed by atoms with E-state index in [4.69, 9.17) is 0 Å². The largest absolute Gasteiger partial charge is 0.394 e. The highest BCUT2D eigenvalue weighted by atomic mass is 19.4. The van der Waals surface area contributed by atoms with Gasteiger partial charge in [-0.1, -0.05) is 13.8 Å². The lowest BCUT2D eigenvalue weighted by Crippen LogP contribution is -2.34. The van der Waals surface area contributed by atoms with E-state index in [1.165, 1.54) is 13.8 Å². The predicted molar refractivity (Wildman–Crippen MR) is 44.6 cm³/mol. The van der Waals surface area contributed by atoms with Crippen molar-refractivity contribution >= 4 is 0 Å². The van der Waals surface area contributed by atoms with E-state index < -0.39 is 43.2 Å². The predicted octanol–water partition coefficient (Wildman–Crippen LogP) is 4.65. The average molecular weight is 254 g/mol. The highest BCUT2D eigenvalue weighted by Crippen LogP contribution is 2.40. The van der Waals surface area contributed by atoms with E-state index in [-0.39, 0.29) is 0 Å². The zero-order valence-corrected chi connectivity index (χ0v) is 8.84. The third kappa shape index (κ3) is 7.76. The van der Waals surface area contributed by atoms with Crippen molar-refractivity contribution in [2.24, 2.45) is 5.92 Å². The van der Waals surface area contributed by atoms with E-state index in [0.29, 0.717) is 0 Å². The van der Waals surface area contributed by atoms with Crippen LogP contribution in [0.15, 0.2) is 0 Å². The van der Waals surface area contributed by atoms with Gasteiger partial charge in [0.2, 0.25) is 0 Å². The van der Waals surface area contributed by atoms with Gasteiger partial charge >= 0.3 is 6.18 Å². The van der Waals surface area contributed by atoms with Gasteiger partial charge in [-0.05, 0) is 5.92 Å². The van der Waals surface area contributed by atoms with Crippen molar-refractivity contribution in [3.05, 3.63) is 0 Å². The van der Waals surface area contributed by atoms with Crippen LogP contribution in [-0.2, 0) is 0 Å². The Bertz CT molecular complexity index is 216. The molecule has 7 heteroatoms. The molecule has 0 unspecified atom stereocenters. The van der Waals surface area contributed by atoms with Gasteiger partial charge in [-0.15, -0.1) is 0 Å². The highest BCUT2D eigenvalue weighted by Gasteiger charge is 2.49. The molecule has 16 heavy (non-hydrogen) atoms. The van der Waals surface area contributed by atoms with Crippen LogP contribution in [0.2, 0.25) is 0 Å². The Hall–Kier alpha value is -0.490. The van der Waals surface area contributed by atoms with E-state index in [2.05, 4.69) is 0 Å². The minimum absolute atomic E-state index is 0.559. The summed E-state index contributed by atoms with van der Waals surface area (Å²) in [6.07, 6.45) is -10.6. The summed E-state index contributed by atoms with van der Waals surface area (Å²) in [5.41, 5.74) is 0. The molecule has 0 N–H and O–H groups in total. The Morgan fingerprint density at radius 3 is 1.50 bits per heavy atom. The zero-order valence-electron chi connectivity index (χ0n) is 8.84. The van der Waals surface area contributed by atoms with Gasteiger partial charge in [0, 0.05) is 6.42 Å². The summed E-state index contributed by atoms with van der Waals surface area (Å²) in [4.78, 5) is 0. The monoisotopic (exact) mass is 254 g/mol. The SMILES string of the molecule is CC(C)CC(F)(F)CC(F)(F)CC(F)(F)F. The van der Waals surface area contributed by atoms with Gasteiger partial charge < -0.3 is 0 Å². The quantitative estimate of drug-likeness (QED) is 0.626. The standard InChI is InChI=1S/C9H13F7/c1-6(2)3-7(10,11)4-8(12,13)5-9(14,15)16/h6H,3-5H2,1-2H3. The Morgan fingerprint density at radius 1 is 0.750 bits per heavy atom. The fraction of sp³-hybridized carbons (Fsp3) is 1.00. The van der Waals surface area contributed by atoms with Crippen molar-refractivity contribution in [2.45, 2.75) is 51.1 Å². The molecule has 0 aliphatic carbocycles. The van der Waals surface area contributed by atoms with Crippen LogP contribution in [0.4, 0.5) is 30.7 Å². The van der Waals surface area contributed by atoms with E-state index in [1.54, 1.807) is 0 Å². The smallest absolute Gasteiger partial charge is 0.207 e. The molecule has 98 valence electrons. The van der Waals surface area contributed by atoms with Crippen LogP contribution in [0.25, 0.3) is 0 Å². The topological polar surface area (TPSA) is 0 Å². The minimum atomic E-state index is -5.14. The number of alkyl halides is 7. The third-order valence-corrected chi connectivity index (χ3v) is 1.68. The van der Waals surface area contributed by atoms with Crippen LogP contribution in [0.3, 0.4) is 0 Å². The van der Waals surface area contributed by atoms with E-state index in [0.717, 1.165) is 0 Å². The molecule has 0 nitrogen and oxygen atoms in total. The summed E-state index contributed by atoms with van der Waals surface area (Å²) in [6, 6.07) is 0. The van der Waals surface area contributed by atoms with Crippen molar-refractivity contribution < 1.29 is 30.7 Å². The third-order valence-electron chi connectivity index (χ3n) is 1.68. The second-order valence-electron chi connectivity index (χ2n) is 4.28. The molecule has 0 aromatic carbocycles. The van der Waals surface area contributed by atoms with Crippen LogP contribution >= 0.6 is 0 Å². The molecular formula is C9H13F7. The van der Waals surface area contributed by atoms with Crippen molar-refractivity contribution in [3.8, 4) is 0 Å². The van der Waals surface area contributed by atoms with E-state index in [1.807, 2.05) is 0 Å². The first-order valence-corrected chi connectivity index (χ1v) is 4.65. The summed E-state index contributed by atoms with van der Waals surface area (Å²) in [6.45, 7) is 2.77. The van der Waals surface area contributed by atoms with Crippen molar-refractivity contribution in [1.29, 1.82) is 0 Å². The lowest BCUT2D eigenvalue weighted by molar-refractivity contribution is -0.207. The van der Waals surface area contributed by atoms with E-state index >= 15 is 0 Å². The molecule has 0 aliphatic rings. The van der Waals surface area contributed by atoms with Crippen molar-refractivity contribution in [3.63, 3.8) is 0 Å². The summed E-state index contributed by atoms with van der Waals surface area (Å²) in [5.74, 6) is -8.75. The molecule has 0 amide bonds. The Kier molecular flexibility index (Phi) is 4.64.